The summed E-state index contributed by atoms with van der Waals surface area (Å²) in [5.74, 6) is 1.20. The molecule has 0 bridgehead atoms. The van der Waals surface area contributed by atoms with Gasteiger partial charge < -0.3 is 25.4 Å². The number of amides is 1. The Bertz CT molecular complexity index is 786. The first-order valence-corrected chi connectivity index (χ1v) is 9.69. The van der Waals surface area contributed by atoms with Crippen molar-refractivity contribution in [1.29, 1.82) is 0 Å². The van der Waals surface area contributed by atoms with E-state index in [9.17, 15) is 4.79 Å². The number of anilines is 2. The van der Waals surface area contributed by atoms with E-state index in [1.165, 1.54) is 0 Å². The molecular weight excluding hydrogens is 427 g/mol. The molecule has 0 atom stereocenters. The third-order valence-corrected chi connectivity index (χ3v) is 4.83. The molecule has 1 saturated heterocycles. The topological polar surface area (TPSA) is 89.7 Å². The number of nitrogens with two attached hydrogens (primary N) is 1. The maximum atomic E-state index is 13.1. The van der Waals surface area contributed by atoms with Crippen molar-refractivity contribution in [1.82, 2.24) is 9.88 Å². The van der Waals surface area contributed by atoms with Crippen LogP contribution in [-0.4, -0.2) is 55.2 Å². The van der Waals surface area contributed by atoms with Gasteiger partial charge in [-0.1, -0.05) is 12.1 Å². The fourth-order valence-corrected chi connectivity index (χ4v) is 3.28. The molecular formula is C21H30Cl2N4O3. The largest absolute Gasteiger partial charge is 0.495 e. The normalized spacial score (nSPS) is 13.7. The highest BCUT2D eigenvalue weighted by molar-refractivity contribution is 5.99. The lowest BCUT2D eigenvalue weighted by Gasteiger charge is -2.32. The number of pyridine rings is 1. The van der Waals surface area contributed by atoms with E-state index in [0.29, 0.717) is 43.4 Å². The van der Waals surface area contributed by atoms with Gasteiger partial charge in [-0.25, -0.2) is 4.98 Å². The maximum absolute atomic E-state index is 13.1. The van der Waals surface area contributed by atoms with Gasteiger partial charge >= 0.3 is 0 Å². The average molecular weight is 457 g/mol. The van der Waals surface area contributed by atoms with Crippen molar-refractivity contribution < 1.29 is 14.3 Å². The Kier molecular flexibility index (Phi) is 11.5. The van der Waals surface area contributed by atoms with Crippen LogP contribution >= 0.6 is 24.8 Å². The Morgan fingerprint density at radius 1 is 1.20 bits per heavy atom. The Labute approximate surface area is 190 Å². The molecule has 0 unspecified atom stereocenters. The van der Waals surface area contributed by atoms with Gasteiger partial charge in [0, 0.05) is 25.9 Å². The highest BCUT2D eigenvalue weighted by Gasteiger charge is 2.26. The lowest BCUT2D eigenvalue weighted by atomic mass is 10.1. The molecule has 1 amide bonds. The highest BCUT2D eigenvalue weighted by Crippen LogP contribution is 2.28. The number of hydrogen-bond donors (Lipinski definition) is 2. The molecule has 1 aromatic carbocycles. The second-order valence-electron chi connectivity index (χ2n) is 6.73. The first kappa shape index (κ1) is 26.0. The summed E-state index contributed by atoms with van der Waals surface area (Å²) in [5.41, 5.74) is 6.83. The number of halogens is 2. The van der Waals surface area contributed by atoms with Gasteiger partial charge in [-0.3, -0.25) is 4.79 Å². The van der Waals surface area contributed by atoms with Gasteiger partial charge in [-0.15, -0.1) is 24.8 Å². The van der Waals surface area contributed by atoms with E-state index in [-0.39, 0.29) is 36.8 Å². The molecule has 3 rings (SSSR count). The van der Waals surface area contributed by atoms with Crippen LogP contribution in [0.3, 0.4) is 0 Å². The van der Waals surface area contributed by atoms with Crippen LogP contribution in [0.15, 0.2) is 42.6 Å². The van der Waals surface area contributed by atoms with Crippen LogP contribution in [0.5, 0.6) is 5.75 Å². The fraction of sp³-hybridized carbons (Fsp3) is 0.429. The number of carbonyl (C=O) groups is 1. The SMILES string of the molecule is COc1ccccc1Nc1ncccc1C(=O)N1CCC(OCCCN)CC1.Cl.Cl. The molecule has 0 saturated carbocycles. The zero-order chi connectivity index (χ0) is 19.8. The number of aromatic nitrogens is 1. The minimum absolute atomic E-state index is 0. The van der Waals surface area contributed by atoms with Crippen molar-refractivity contribution in [2.24, 2.45) is 5.73 Å². The number of carbonyl (C=O) groups excluding carboxylic acids is 1. The number of nitrogens with zero attached hydrogens (tertiary/aromatic N) is 2. The van der Waals surface area contributed by atoms with E-state index in [0.717, 1.165) is 24.9 Å². The van der Waals surface area contributed by atoms with Crippen LogP contribution in [0.2, 0.25) is 0 Å². The van der Waals surface area contributed by atoms with E-state index in [1.807, 2.05) is 29.2 Å². The lowest BCUT2D eigenvalue weighted by molar-refractivity contribution is 0.00847. The molecule has 0 radical (unpaired) electrons. The number of likely N-dealkylation sites (tertiary alicyclic amines) is 1. The second kappa shape index (κ2) is 13.3. The third kappa shape index (κ3) is 6.74. The number of piperidine rings is 1. The van der Waals surface area contributed by atoms with Gasteiger partial charge in [0.2, 0.25) is 0 Å². The van der Waals surface area contributed by atoms with Crippen LogP contribution in [0, 0.1) is 0 Å². The summed E-state index contributed by atoms with van der Waals surface area (Å²) in [6, 6.07) is 11.1. The zero-order valence-corrected chi connectivity index (χ0v) is 18.7. The van der Waals surface area contributed by atoms with Crippen molar-refractivity contribution in [3.63, 3.8) is 0 Å². The van der Waals surface area contributed by atoms with Crippen molar-refractivity contribution in [2.45, 2.75) is 25.4 Å². The van der Waals surface area contributed by atoms with Crippen LogP contribution in [0.4, 0.5) is 11.5 Å². The molecule has 2 heterocycles. The van der Waals surface area contributed by atoms with Crippen molar-refractivity contribution >= 4 is 42.2 Å². The molecule has 1 fully saturated rings. The Balaban J connectivity index is 0.00000225. The minimum Gasteiger partial charge on any atom is -0.495 e. The molecule has 0 spiro atoms. The monoisotopic (exact) mass is 456 g/mol. The molecule has 1 aliphatic rings. The average Bonchev–Trinajstić information content (AvgIpc) is 2.75. The standard InChI is InChI=1S/C21H28N4O3.2ClH/c1-27-19-8-3-2-7-18(19)24-20-17(6-4-12-23-20)21(26)25-13-9-16(10-14-25)28-15-5-11-22;;/h2-4,6-8,12,16H,5,9-11,13-15,22H2,1H3,(H,23,24);2*1H. The molecule has 7 nitrogen and oxygen atoms in total. The number of hydrogen-bond acceptors (Lipinski definition) is 6. The predicted molar refractivity (Wildman–Crippen MR) is 124 cm³/mol. The van der Waals surface area contributed by atoms with Crippen LogP contribution in [0.25, 0.3) is 0 Å². The maximum Gasteiger partial charge on any atom is 0.257 e. The van der Waals surface area contributed by atoms with Crippen molar-refractivity contribution in [2.75, 3.05) is 38.7 Å². The van der Waals surface area contributed by atoms with Gasteiger partial charge in [-0.05, 0) is 50.1 Å². The smallest absolute Gasteiger partial charge is 0.257 e. The number of methoxy groups -OCH3 is 1. The van der Waals surface area contributed by atoms with Gasteiger partial charge in [-0.2, -0.15) is 0 Å². The molecule has 9 heteroatoms. The van der Waals surface area contributed by atoms with E-state index in [1.54, 1.807) is 25.4 Å². The fourth-order valence-electron chi connectivity index (χ4n) is 3.28. The van der Waals surface area contributed by atoms with Gasteiger partial charge in [0.15, 0.2) is 0 Å². The number of benzene rings is 1. The summed E-state index contributed by atoms with van der Waals surface area (Å²) in [4.78, 5) is 19.3. The van der Waals surface area contributed by atoms with Crippen LogP contribution in [0.1, 0.15) is 29.6 Å². The quantitative estimate of drug-likeness (QED) is 0.589. The van der Waals surface area contributed by atoms with Gasteiger partial charge in [0.05, 0.1) is 24.5 Å². The van der Waals surface area contributed by atoms with Crippen LogP contribution in [-0.2, 0) is 4.74 Å². The summed E-state index contributed by atoms with van der Waals surface area (Å²) in [6.45, 7) is 2.68. The molecule has 166 valence electrons. The number of rotatable bonds is 8. The summed E-state index contributed by atoms with van der Waals surface area (Å²) in [6.07, 6.45) is 4.42. The molecule has 30 heavy (non-hydrogen) atoms. The van der Waals surface area contributed by atoms with Crippen molar-refractivity contribution in [3.8, 4) is 5.75 Å². The lowest BCUT2D eigenvalue weighted by Crippen LogP contribution is -2.41. The molecule has 1 aromatic heterocycles. The first-order valence-electron chi connectivity index (χ1n) is 9.69. The first-order chi connectivity index (χ1) is 13.7. The summed E-state index contributed by atoms with van der Waals surface area (Å²) < 4.78 is 11.2. The summed E-state index contributed by atoms with van der Waals surface area (Å²) in [7, 11) is 1.62. The van der Waals surface area contributed by atoms with E-state index in [4.69, 9.17) is 15.2 Å². The molecule has 3 N–H and O–H groups in total. The van der Waals surface area contributed by atoms with E-state index in [2.05, 4.69) is 10.3 Å². The summed E-state index contributed by atoms with van der Waals surface area (Å²) in [5, 5.41) is 3.24. The molecule has 2 aromatic rings. The minimum atomic E-state index is -0.0223. The van der Waals surface area contributed by atoms with E-state index >= 15 is 0 Å². The zero-order valence-electron chi connectivity index (χ0n) is 17.1. The number of para-hydroxylation sites is 2. The predicted octanol–water partition coefficient (Wildman–Crippen LogP) is 3.65. The summed E-state index contributed by atoms with van der Waals surface area (Å²) >= 11 is 0. The highest BCUT2D eigenvalue weighted by atomic mass is 35.5. The Morgan fingerprint density at radius 2 is 1.93 bits per heavy atom. The molecule has 1 aliphatic heterocycles. The van der Waals surface area contributed by atoms with Crippen LogP contribution < -0.4 is 15.8 Å². The number of nitrogens with one attached hydrogen (secondary N) is 1. The second-order valence-corrected chi connectivity index (χ2v) is 6.73. The third-order valence-electron chi connectivity index (χ3n) is 4.83. The Morgan fingerprint density at radius 3 is 2.63 bits per heavy atom. The van der Waals surface area contributed by atoms with Gasteiger partial charge in [0.25, 0.3) is 5.91 Å². The molecule has 0 aliphatic carbocycles. The Hall–Kier alpha value is -2.06. The van der Waals surface area contributed by atoms with E-state index < -0.39 is 0 Å². The van der Waals surface area contributed by atoms with Crippen molar-refractivity contribution in [3.05, 3.63) is 48.2 Å². The number of ether oxygens (including phenoxy) is 2. The van der Waals surface area contributed by atoms with Gasteiger partial charge in [0.1, 0.15) is 11.6 Å².